The van der Waals surface area contributed by atoms with E-state index in [1.165, 1.54) is 11.1 Å². The molecule has 4 rings (SSSR count). The fourth-order valence-electron chi connectivity index (χ4n) is 4.07. The first-order valence-electron chi connectivity index (χ1n) is 10.8. The summed E-state index contributed by atoms with van der Waals surface area (Å²) in [5.41, 5.74) is 4.11. The number of hydrogen-bond donors (Lipinski definition) is 2. The Balaban J connectivity index is 1.63. The molecule has 0 fully saturated rings. The van der Waals surface area contributed by atoms with Crippen molar-refractivity contribution in [2.75, 3.05) is 6.61 Å². The molecule has 0 amide bonds. The van der Waals surface area contributed by atoms with Crippen LogP contribution < -0.4 is 10.1 Å². The van der Waals surface area contributed by atoms with Gasteiger partial charge >= 0.3 is 0 Å². The molecule has 166 valence electrons. The molecule has 2 aromatic carbocycles. The first-order chi connectivity index (χ1) is 15.3. The summed E-state index contributed by atoms with van der Waals surface area (Å²) in [6, 6.07) is 11.6. The van der Waals surface area contributed by atoms with Gasteiger partial charge in [0.1, 0.15) is 5.75 Å². The Morgan fingerprint density at radius 1 is 1.31 bits per heavy atom. The Labute approximate surface area is 188 Å². The molecule has 32 heavy (non-hydrogen) atoms. The lowest BCUT2D eigenvalue weighted by Crippen LogP contribution is -2.44. The minimum Gasteiger partial charge on any atom is -0.502 e. The van der Waals surface area contributed by atoms with Crippen molar-refractivity contribution in [2.24, 2.45) is 0 Å². The maximum atomic E-state index is 9.62. The highest BCUT2D eigenvalue weighted by Crippen LogP contribution is 2.39. The molecule has 0 radical (unpaired) electrons. The second kappa shape index (κ2) is 8.73. The number of hydrogen-bond acceptors (Lipinski definition) is 6. The van der Waals surface area contributed by atoms with Gasteiger partial charge in [-0.25, -0.2) is 4.85 Å². The van der Waals surface area contributed by atoms with Gasteiger partial charge in [-0.2, -0.15) is 4.98 Å². The molecule has 0 saturated heterocycles. The zero-order valence-corrected chi connectivity index (χ0v) is 18.8. The van der Waals surface area contributed by atoms with Gasteiger partial charge in [-0.05, 0) is 69.9 Å². The van der Waals surface area contributed by atoms with E-state index in [2.05, 4.69) is 26.4 Å². The second-order valence-electron chi connectivity index (χ2n) is 9.03. The molecule has 1 aliphatic carbocycles. The van der Waals surface area contributed by atoms with Crippen LogP contribution in [0.1, 0.15) is 51.3 Å². The van der Waals surface area contributed by atoms with Crippen molar-refractivity contribution in [1.29, 1.82) is 0 Å². The Kier molecular flexibility index (Phi) is 6.00. The van der Waals surface area contributed by atoms with Gasteiger partial charge in [0.2, 0.25) is 11.5 Å². The lowest BCUT2D eigenvalue weighted by Gasteiger charge is -2.28. The lowest BCUT2D eigenvalue weighted by atomic mass is 9.99. The van der Waals surface area contributed by atoms with Crippen LogP contribution in [0.2, 0.25) is 0 Å². The molecular weight excluding hydrogens is 404 g/mol. The zero-order valence-electron chi connectivity index (χ0n) is 18.8. The number of ether oxygens (including phenoxy) is 1. The molecule has 0 bridgehead atoms. The summed E-state index contributed by atoms with van der Waals surface area (Å²) >= 11 is 0. The van der Waals surface area contributed by atoms with Crippen LogP contribution in [-0.2, 0) is 6.42 Å². The van der Waals surface area contributed by atoms with Crippen LogP contribution in [0.5, 0.6) is 5.75 Å². The number of nitrogens with one attached hydrogen (secondary N) is 1. The van der Waals surface area contributed by atoms with Crippen molar-refractivity contribution < 1.29 is 14.4 Å². The highest BCUT2D eigenvalue weighted by molar-refractivity contribution is 5.70. The van der Waals surface area contributed by atoms with Gasteiger partial charge in [0.25, 0.3) is 5.89 Å². The molecule has 1 aromatic heterocycles. The molecule has 3 aromatic rings. The Morgan fingerprint density at radius 3 is 2.84 bits per heavy atom. The number of fused-ring (bicyclic) bond motifs is 1. The van der Waals surface area contributed by atoms with Gasteiger partial charge in [0.15, 0.2) is 0 Å². The SMILES string of the molecule is [C-]#[N+]c1cc(-c2nc(-c3cccc4c3CCC4NC(C)(C)CO)no2)ccc1OC(C)C. The smallest absolute Gasteiger partial charge is 0.256 e. The summed E-state index contributed by atoms with van der Waals surface area (Å²) in [5, 5.41) is 17.4. The molecule has 0 aliphatic heterocycles. The van der Waals surface area contributed by atoms with Crippen molar-refractivity contribution >= 4 is 5.69 Å². The monoisotopic (exact) mass is 432 g/mol. The second-order valence-corrected chi connectivity index (χ2v) is 9.03. The van der Waals surface area contributed by atoms with Crippen molar-refractivity contribution in [2.45, 2.75) is 58.2 Å². The zero-order chi connectivity index (χ0) is 22.9. The van der Waals surface area contributed by atoms with Crippen molar-refractivity contribution in [1.82, 2.24) is 15.5 Å². The molecule has 0 saturated carbocycles. The van der Waals surface area contributed by atoms with Gasteiger partial charge in [-0.1, -0.05) is 23.4 Å². The maximum Gasteiger partial charge on any atom is 0.256 e. The number of aliphatic hydroxyl groups is 1. The van der Waals surface area contributed by atoms with Gasteiger partial charge in [0, 0.05) is 22.7 Å². The predicted octanol–water partition coefficient (Wildman–Crippen LogP) is 5.09. The predicted molar refractivity (Wildman–Crippen MR) is 123 cm³/mol. The highest BCUT2D eigenvalue weighted by Gasteiger charge is 2.30. The largest absolute Gasteiger partial charge is 0.502 e. The van der Waals surface area contributed by atoms with Gasteiger partial charge in [0.05, 0.1) is 19.3 Å². The van der Waals surface area contributed by atoms with Gasteiger partial charge in [-0.15, -0.1) is 0 Å². The van der Waals surface area contributed by atoms with E-state index in [-0.39, 0.29) is 24.3 Å². The van der Waals surface area contributed by atoms with E-state index < -0.39 is 0 Å². The summed E-state index contributed by atoms with van der Waals surface area (Å²) < 4.78 is 11.3. The Bertz CT molecular complexity index is 1160. The fourth-order valence-corrected chi connectivity index (χ4v) is 4.07. The van der Waals surface area contributed by atoms with Gasteiger partial charge in [-0.3, -0.25) is 0 Å². The van der Waals surface area contributed by atoms with E-state index in [0.717, 1.165) is 18.4 Å². The summed E-state index contributed by atoms with van der Waals surface area (Å²) in [4.78, 5) is 8.20. The first kappa shape index (κ1) is 22.0. The highest BCUT2D eigenvalue weighted by atomic mass is 16.5. The lowest BCUT2D eigenvalue weighted by molar-refractivity contribution is 0.175. The Morgan fingerprint density at radius 2 is 2.12 bits per heavy atom. The normalized spacial score (nSPS) is 15.6. The molecule has 1 aliphatic rings. The van der Waals surface area contributed by atoms with E-state index in [0.29, 0.717) is 28.7 Å². The molecule has 1 atom stereocenters. The quantitative estimate of drug-likeness (QED) is 0.506. The average molecular weight is 433 g/mol. The average Bonchev–Trinajstić information content (AvgIpc) is 3.41. The van der Waals surface area contributed by atoms with Crippen LogP contribution >= 0.6 is 0 Å². The van der Waals surface area contributed by atoms with Crippen LogP contribution in [0.15, 0.2) is 40.9 Å². The number of aliphatic hydroxyl groups excluding tert-OH is 1. The van der Waals surface area contributed by atoms with Crippen molar-refractivity contribution in [3.63, 3.8) is 0 Å². The number of rotatable bonds is 7. The third-order valence-electron chi connectivity index (χ3n) is 5.59. The van der Waals surface area contributed by atoms with E-state index in [1.54, 1.807) is 12.1 Å². The third-order valence-corrected chi connectivity index (χ3v) is 5.59. The summed E-state index contributed by atoms with van der Waals surface area (Å²) in [6.07, 6.45) is 1.84. The molecular formula is C25H28N4O3. The van der Waals surface area contributed by atoms with Gasteiger partial charge < -0.3 is 19.7 Å². The molecule has 7 nitrogen and oxygen atoms in total. The summed E-state index contributed by atoms with van der Waals surface area (Å²) in [5.74, 6) is 1.45. The number of benzene rings is 2. The van der Waals surface area contributed by atoms with E-state index in [9.17, 15) is 5.11 Å². The molecule has 0 spiro atoms. The minimum absolute atomic E-state index is 0.0159. The summed E-state index contributed by atoms with van der Waals surface area (Å²) in [7, 11) is 0. The van der Waals surface area contributed by atoms with Crippen LogP contribution in [0.3, 0.4) is 0 Å². The van der Waals surface area contributed by atoms with Crippen molar-refractivity contribution in [3.8, 4) is 28.6 Å². The Hall–Kier alpha value is -3.21. The minimum atomic E-state index is -0.354. The van der Waals surface area contributed by atoms with E-state index in [1.807, 2.05) is 45.9 Å². The van der Waals surface area contributed by atoms with Crippen LogP contribution in [0.25, 0.3) is 27.7 Å². The van der Waals surface area contributed by atoms with Crippen LogP contribution in [-0.4, -0.2) is 33.5 Å². The van der Waals surface area contributed by atoms with Crippen LogP contribution in [0, 0.1) is 6.57 Å². The molecule has 7 heteroatoms. The topological polar surface area (TPSA) is 84.8 Å². The first-order valence-corrected chi connectivity index (χ1v) is 10.8. The molecule has 2 N–H and O–H groups in total. The molecule has 1 heterocycles. The maximum absolute atomic E-state index is 9.62. The number of nitrogens with zero attached hydrogens (tertiary/aromatic N) is 3. The van der Waals surface area contributed by atoms with Crippen LogP contribution in [0.4, 0.5) is 5.69 Å². The standard InChI is InChI=1S/C25H28N4O3/c1-15(2)31-22-12-9-16(13-21(22)26-5)24-27-23(29-32-24)19-8-6-7-18-17(19)10-11-20(18)28-25(3,4)14-30/h6-9,12-13,15,20,28,30H,10-11,14H2,1-4H3. The summed E-state index contributed by atoms with van der Waals surface area (Å²) in [6.45, 7) is 15.4. The van der Waals surface area contributed by atoms with E-state index in [4.69, 9.17) is 15.8 Å². The number of aromatic nitrogens is 2. The third kappa shape index (κ3) is 4.38. The van der Waals surface area contributed by atoms with E-state index >= 15 is 0 Å². The van der Waals surface area contributed by atoms with Crippen molar-refractivity contribution in [3.05, 3.63) is 58.9 Å². The fraction of sp³-hybridized carbons (Fsp3) is 0.400. The molecule has 1 unspecified atom stereocenters.